The number of halogens is 2. The molecule has 0 aliphatic heterocycles. The van der Waals surface area contributed by atoms with E-state index in [1.165, 1.54) is 11.1 Å². The minimum atomic E-state index is 0. The maximum atomic E-state index is 3.52. The van der Waals surface area contributed by atoms with E-state index in [0.717, 1.165) is 19.6 Å². The molecule has 0 aromatic heterocycles. The largest absolute Gasteiger partial charge is 2.00 e. The van der Waals surface area contributed by atoms with Crippen LogP contribution in [0, 0.1) is 0 Å². The van der Waals surface area contributed by atoms with Crippen molar-refractivity contribution in [1.29, 1.82) is 0 Å². The molecular weight excluding hydrogens is 367 g/mol. The summed E-state index contributed by atoms with van der Waals surface area (Å²) in [5, 5.41) is 7.00. The molecule has 0 bridgehead atoms. The molecule has 2 aromatic rings. The molecule has 2 aromatic carbocycles. The molecule has 0 saturated heterocycles. The predicted octanol–water partition coefficient (Wildman–Crippen LogP) is -3.04. The van der Waals surface area contributed by atoms with Crippen molar-refractivity contribution in [3.8, 4) is 0 Å². The van der Waals surface area contributed by atoms with Crippen LogP contribution in [0.1, 0.15) is 18.1 Å². The molecule has 0 fully saturated rings. The third kappa shape index (κ3) is 9.47. The van der Waals surface area contributed by atoms with Gasteiger partial charge in [0.2, 0.25) is 0 Å². The van der Waals surface area contributed by atoms with Gasteiger partial charge in [-0.25, -0.2) is 0 Å². The first-order valence-corrected chi connectivity index (χ1v) is 6.86. The van der Waals surface area contributed by atoms with E-state index in [9.17, 15) is 0 Å². The van der Waals surface area contributed by atoms with Crippen molar-refractivity contribution in [3.63, 3.8) is 0 Å². The smallest absolute Gasteiger partial charge is 1.00 e. The molecule has 2 nitrogen and oxygen atoms in total. The molecule has 5 heteroatoms. The average Bonchev–Trinajstić information content (AvgIpc) is 2.47. The van der Waals surface area contributed by atoms with Crippen molar-refractivity contribution in [1.82, 2.24) is 10.6 Å². The summed E-state index contributed by atoms with van der Waals surface area (Å²) in [6, 6.07) is 21.5. The third-order valence-corrected chi connectivity index (χ3v) is 3.12. The normalized spacial score (nSPS) is 10.6. The van der Waals surface area contributed by atoms with Gasteiger partial charge in [0.25, 0.3) is 0 Å². The van der Waals surface area contributed by atoms with Gasteiger partial charge < -0.3 is 35.4 Å². The van der Waals surface area contributed by atoms with Crippen molar-refractivity contribution < 1.29 is 41.9 Å². The monoisotopic (exact) mass is 387 g/mol. The summed E-state index contributed by atoms with van der Waals surface area (Å²) in [6.45, 7) is 5.04. The topological polar surface area (TPSA) is 24.1 Å². The van der Waals surface area contributed by atoms with Gasteiger partial charge in [-0.2, -0.15) is 0 Å². The van der Waals surface area contributed by atoms with Crippen molar-refractivity contribution in [2.75, 3.05) is 6.54 Å². The quantitative estimate of drug-likeness (QED) is 0.493. The average molecular weight is 389 g/mol. The summed E-state index contributed by atoms with van der Waals surface area (Å²) in [5.41, 5.74) is 2.66. The Labute approximate surface area is 156 Å². The van der Waals surface area contributed by atoms with E-state index in [4.69, 9.17) is 0 Å². The van der Waals surface area contributed by atoms with Gasteiger partial charge in [0.15, 0.2) is 0 Å². The molecule has 0 heterocycles. The van der Waals surface area contributed by atoms with E-state index < -0.39 is 0 Å². The van der Waals surface area contributed by atoms with Gasteiger partial charge in [-0.05, 0) is 18.1 Å². The van der Waals surface area contributed by atoms with Crippen LogP contribution in [-0.2, 0) is 30.2 Å². The van der Waals surface area contributed by atoms with Crippen molar-refractivity contribution in [2.45, 2.75) is 26.1 Å². The maximum absolute atomic E-state index is 3.52. The number of benzene rings is 2. The van der Waals surface area contributed by atoms with Gasteiger partial charge in [0.1, 0.15) is 0 Å². The van der Waals surface area contributed by atoms with E-state index in [0.29, 0.717) is 6.04 Å². The molecule has 0 unspecified atom stereocenters. The van der Waals surface area contributed by atoms with Crippen LogP contribution >= 0.6 is 0 Å². The zero-order chi connectivity index (χ0) is 13.3. The van der Waals surface area contributed by atoms with Gasteiger partial charge >= 0.3 is 17.1 Å². The summed E-state index contributed by atoms with van der Waals surface area (Å²) in [6.07, 6.45) is 0. The molecule has 0 aliphatic carbocycles. The van der Waals surface area contributed by atoms with Crippen LogP contribution in [0.5, 0.6) is 0 Å². The van der Waals surface area contributed by atoms with Crippen LogP contribution in [0.15, 0.2) is 60.7 Å². The first-order valence-electron chi connectivity index (χ1n) is 6.86. The van der Waals surface area contributed by atoms with E-state index >= 15 is 0 Å². The van der Waals surface area contributed by atoms with E-state index in [2.05, 4.69) is 66.1 Å². The summed E-state index contributed by atoms with van der Waals surface area (Å²) in [5.74, 6) is 0. The standard InChI is InChI=1S/C17H22N2.2ClH.Cu/c1-15(19-14-17-10-6-3-7-11-17)12-18-13-16-8-4-2-5-9-16;;;/h2-11,15,18-19H,12-14H2,1H3;2*1H;/q;;;+2/p-2/t15-;;;/m0.../s1. The van der Waals surface area contributed by atoms with Crippen LogP contribution in [-0.4, -0.2) is 12.6 Å². The third-order valence-electron chi connectivity index (χ3n) is 3.12. The molecule has 0 amide bonds. The van der Waals surface area contributed by atoms with Gasteiger partial charge in [0, 0.05) is 25.7 Å². The Balaban J connectivity index is 0. The SMILES string of the molecule is C[C@@H](CNCc1ccccc1)NCc1ccccc1.[Cl-].[Cl-].[Cu+2]. The molecule has 0 aliphatic rings. The van der Waals surface area contributed by atoms with Gasteiger partial charge in [0.05, 0.1) is 0 Å². The zero-order valence-corrected chi connectivity index (χ0v) is 15.0. The number of hydrogen-bond donors (Lipinski definition) is 2. The van der Waals surface area contributed by atoms with Gasteiger partial charge in [-0.1, -0.05) is 60.7 Å². The molecule has 0 saturated carbocycles. The Hall–Kier alpha value is -0.541. The number of rotatable bonds is 7. The Kier molecular flexibility index (Phi) is 15.2. The van der Waals surface area contributed by atoms with Crippen molar-refractivity contribution >= 4 is 0 Å². The van der Waals surface area contributed by atoms with E-state index in [1.54, 1.807) is 0 Å². The fraction of sp³-hybridized carbons (Fsp3) is 0.294. The summed E-state index contributed by atoms with van der Waals surface area (Å²) < 4.78 is 0. The maximum Gasteiger partial charge on any atom is 2.00 e. The molecule has 0 spiro atoms. The second kappa shape index (κ2) is 14.1. The molecule has 1 radical (unpaired) electrons. The van der Waals surface area contributed by atoms with Crippen LogP contribution in [0.3, 0.4) is 0 Å². The number of hydrogen-bond acceptors (Lipinski definition) is 2. The van der Waals surface area contributed by atoms with Crippen LogP contribution in [0.4, 0.5) is 0 Å². The van der Waals surface area contributed by atoms with E-state index in [1.807, 2.05) is 12.1 Å². The second-order valence-corrected chi connectivity index (χ2v) is 4.88. The fourth-order valence-corrected chi connectivity index (χ4v) is 1.99. The Morgan fingerprint density at radius 1 is 0.773 bits per heavy atom. The predicted molar refractivity (Wildman–Crippen MR) is 80.9 cm³/mol. The fourth-order valence-electron chi connectivity index (χ4n) is 1.99. The second-order valence-electron chi connectivity index (χ2n) is 4.88. The summed E-state index contributed by atoms with van der Waals surface area (Å²) >= 11 is 0. The Bertz CT molecular complexity index is 469. The van der Waals surface area contributed by atoms with E-state index in [-0.39, 0.29) is 41.9 Å². The van der Waals surface area contributed by atoms with Crippen molar-refractivity contribution in [2.24, 2.45) is 0 Å². The van der Waals surface area contributed by atoms with Gasteiger partial charge in [-0.3, -0.25) is 0 Å². The van der Waals surface area contributed by atoms with Gasteiger partial charge in [-0.15, -0.1) is 0 Å². The molecule has 1 atom stereocenters. The molecule has 22 heavy (non-hydrogen) atoms. The molecule has 125 valence electrons. The van der Waals surface area contributed by atoms with Crippen LogP contribution in [0.2, 0.25) is 0 Å². The first-order chi connectivity index (χ1) is 9.34. The minimum absolute atomic E-state index is 0. The van der Waals surface area contributed by atoms with Crippen molar-refractivity contribution in [3.05, 3.63) is 71.8 Å². The molecule has 2 rings (SSSR count). The zero-order valence-electron chi connectivity index (χ0n) is 12.5. The van der Waals surface area contributed by atoms with Crippen LogP contribution in [0.25, 0.3) is 0 Å². The number of nitrogens with one attached hydrogen (secondary N) is 2. The Morgan fingerprint density at radius 2 is 1.23 bits per heavy atom. The summed E-state index contributed by atoms with van der Waals surface area (Å²) in [4.78, 5) is 0. The summed E-state index contributed by atoms with van der Waals surface area (Å²) in [7, 11) is 0. The Morgan fingerprint density at radius 3 is 1.73 bits per heavy atom. The minimum Gasteiger partial charge on any atom is -1.00 e. The first kappa shape index (κ1) is 23.7. The molecular formula is C17H22Cl2CuN2. The van der Waals surface area contributed by atoms with Crippen LogP contribution < -0.4 is 35.4 Å². The molecule has 2 N–H and O–H groups in total.